The highest BCUT2D eigenvalue weighted by Crippen LogP contribution is 2.27. The predicted molar refractivity (Wildman–Crippen MR) is 87.8 cm³/mol. The number of carbonyl (C=O) groups is 1. The molecule has 1 aliphatic rings. The quantitative estimate of drug-likeness (QED) is 0.842. The van der Waals surface area contributed by atoms with Crippen LogP contribution >= 0.6 is 11.6 Å². The molecule has 21 heavy (non-hydrogen) atoms. The maximum atomic E-state index is 12.1. The largest absolute Gasteiger partial charge is 0.350 e. The van der Waals surface area contributed by atoms with Crippen LogP contribution in [0.25, 0.3) is 0 Å². The molecule has 116 valence electrons. The van der Waals surface area contributed by atoms with Crippen molar-refractivity contribution in [3.63, 3.8) is 0 Å². The lowest BCUT2D eigenvalue weighted by atomic mass is 9.85. The molecular weight excluding hydrogens is 284 g/mol. The van der Waals surface area contributed by atoms with Gasteiger partial charge < -0.3 is 10.6 Å². The fourth-order valence-electron chi connectivity index (χ4n) is 3.08. The molecule has 1 aromatic rings. The van der Waals surface area contributed by atoms with Crippen LogP contribution in [0, 0.1) is 5.92 Å². The van der Waals surface area contributed by atoms with Gasteiger partial charge in [0.15, 0.2) is 0 Å². The van der Waals surface area contributed by atoms with Gasteiger partial charge in [-0.1, -0.05) is 49.8 Å². The highest BCUT2D eigenvalue weighted by molar-refractivity contribution is 6.30. The first-order valence-electron chi connectivity index (χ1n) is 7.90. The molecule has 3 nitrogen and oxygen atoms in total. The Morgan fingerprint density at radius 3 is 2.76 bits per heavy atom. The average molecular weight is 309 g/mol. The van der Waals surface area contributed by atoms with Gasteiger partial charge in [-0.3, -0.25) is 4.79 Å². The van der Waals surface area contributed by atoms with Crippen molar-refractivity contribution in [2.75, 3.05) is 13.6 Å². The monoisotopic (exact) mass is 308 g/mol. The Kier molecular flexibility index (Phi) is 6.52. The summed E-state index contributed by atoms with van der Waals surface area (Å²) in [5, 5.41) is 6.93. The standard InChI is InChI=1S/C17H25ClN2O/c1-19-16(10-13-6-3-2-4-7-13)12-20-17(21)14-8-5-9-15(18)11-14/h5,8-9,11,13,16,19H,2-4,6-7,10,12H2,1H3,(H,20,21). The van der Waals surface area contributed by atoms with Gasteiger partial charge in [-0.05, 0) is 37.6 Å². The van der Waals surface area contributed by atoms with Crippen LogP contribution in [0.5, 0.6) is 0 Å². The van der Waals surface area contributed by atoms with Gasteiger partial charge in [0.05, 0.1) is 0 Å². The SMILES string of the molecule is CNC(CNC(=O)c1cccc(Cl)c1)CC1CCCCC1. The lowest BCUT2D eigenvalue weighted by Crippen LogP contribution is -2.40. The first-order chi connectivity index (χ1) is 10.2. The Balaban J connectivity index is 1.80. The highest BCUT2D eigenvalue weighted by atomic mass is 35.5. The van der Waals surface area contributed by atoms with Gasteiger partial charge >= 0.3 is 0 Å². The number of rotatable bonds is 6. The number of halogens is 1. The summed E-state index contributed by atoms with van der Waals surface area (Å²) in [5.41, 5.74) is 0.620. The van der Waals surface area contributed by atoms with Crippen LogP contribution in [0.2, 0.25) is 5.02 Å². The number of nitrogens with one attached hydrogen (secondary N) is 2. The molecule has 4 heteroatoms. The van der Waals surface area contributed by atoms with Gasteiger partial charge in [-0.15, -0.1) is 0 Å². The van der Waals surface area contributed by atoms with Gasteiger partial charge in [0.1, 0.15) is 0 Å². The summed E-state index contributed by atoms with van der Waals surface area (Å²) in [6.07, 6.45) is 7.91. The summed E-state index contributed by atoms with van der Waals surface area (Å²) in [4.78, 5) is 12.1. The zero-order valence-corrected chi connectivity index (χ0v) is 13.5. The molecule has 1 aromatic carbocycles. The van der Waals surface area contributed by atoms with E-state index in [1.54, 1.807) is 24.3 Å². The van der Waals surface area contributed by atoms with Gasteiger partial charge in [0.2, 0.25) is 0 Å². The van der Waals surface area contributed by atoms with Crippen LogP contribution in [-0.4, -0.2) is 25.5 Å². The maximum Gasteiger partial charge on any atom is 0.251 e. The summed E-state index contributed by atoms with van der Waals surface area (Å²) < 4.78 is 0. The minimum Gasteiger partial charge on any atom is -0.350 e. The second kappa shape index (κ2) is 8.40. The first-order valence-corrected chi connectivity index (χ1v) is 8.28. The second-order valence-corrected chi connectivity index (χ2v) is 6.38. The van der Waals surface area contributed by atoms with E-state index < -0.39 is 0 Å². The van der Waals surface area contributed by atoms with E-state index in [1.807, 2.05) is 7.05 Å². The van der Waals surface area contributed by atoms with Crippen molar-refractivity contribution in [2.24, 2.45) is 5.92 Å². The smallest absolute Gasteiger partial charge is 0.251 e. The van der Waals surface area contributed by atoms with Crippen LogP contribution in [0.4, 0.5) is 0 Å². The van der Waals surface area contributed by atoms with Crippen LogP contribution in [0.3, 0.4) is 0 Å². The minimum absolute atomic E-state index is 0.0543. The molecule has 0 bridgehead atoms. The van der Waals surface area contributed by atoms with E-state index in [-0.39, 0.29) is 5.91 Å². The van der Waals surface area contributed by atoms with Gasteiger partial charge in [0, 0.05) is 23.2 Å². The Hall–Kier alpha value is -1.06. The third kappa shape index (κ3) is 5.33. The summed E-state index contributed by atoms with van der Waals surface area (Å²) in [6, 6.07) is 7.41. The van der Waals surface area contributed by atoms with Crippen LogP contribution < -0.4 is 10.6 Å². The zero-order chi connectivity index (χ0) is 15.1. The van der Waals surface area contributed by atoms with Crippen molar-refractivity contribution in [1.29, 1.82) is 0 Å². The van der Waals surface area contributed by atoms with E-state index in [0.717, 1.165) is 12.3 Å². The Morgan fingerprint density at radius 2 is 2.10 bits per heavy atom. The summed E-state index contributed by atoms with van der Waals surface area (Å²) in [7, 11) is 1.97. The van der Waals surface area contributed by atoms with E-state index in [4.69, 9.17) is 11.6 Å². The molecule has 1 unspecified atom stereocenters. The third-order valence-electron chi connectivity index (χ3n) is 4.35. The molecule has 0 aliphatic heterocycles. The molecule has 1 atom stereocenters. The number of likely N-dealkylation sites (N-methyl/N-ethyl adjacent to an activating group) is 1. The highest BCUT2D eigenvalue weighted by Gasteiger charge is 2.18. The number of hydrogen-bond donors (Lipinski definition) is 2. The van der Waals surface area contributed by atoms with Crippen molar-refractivity contribution < 1.29 is 4.79 Å². The lowest BCUT2D eigenvalue weighted by Gasteiger charge is -2.26. The van der Waals surface area contributed by atoms with Crippen molar-refractivity contribution in [2.45, 2.75) is 44.6 Å². The summed E-state index contributed by atoms with van der Waals surface area (Å²) >= 11 is 5.92. The van der Waals surface area contributed by atoms with Crippen LogP contribution in [-0.2, 0) is 0 Å². The van der Waals surface area contributed by atoms with Gasteiger partial charge in [-0.2, -0.15) is 0 Å². The van der Waals surface area contributed by atoms with E-state index in [0.29, 0.717) is 23.2 Å². The fourth-order valence-corrected chi connectivity index (χ4v) is 3.27. The fraction of sp³-hybridized carbons (Fsp3) is 0.588. The van der Waals surface area contributed by atoms with E-state index in [2.05, 4.69) is 10.6 Å². The molecule has 1 saturated carbocycles. The van der Waals surface area contributed by atoms with E-state index in [9.17, 15) is 4.79 Å². The Morgan fingerprint density at radius 1 is 1.33 bits per heavy atom. The minimum atomic E-state index is -0.0543. The van der Waals surface area contributed by atoms with E-state index in [1.165, 1.54) is 32.1 Å². The molecule has 0 aromatic heterocycles. The molecular formula is C17H25ClN2O. The third-order valence-corrected chi connectivity index (χ3v) is 4.58. The molecule has 0 heterocycles. The number of amides is 1. The average Bonchev–Trinajstić information content (AvgIpc) is 2.52. The van der Waals surface area contributed by atoms with Gasteiger partial charge in [0.25, 0.3) is 5.91 Å². The van der Waals surface area contributed by atoms with Crippen molar-refractivity contribution in [3.8, 4) is 0 Å². The van der Waals surface area contributed by atoms with E-state index >= 15 is 0 Å². The molecule has 0 saturated heterocycles. The predicted octanol–water partition coefficient (Wildman–Crippen LogP) is 3.63. The van der Waals surface area contributed by atoms with Crippen molar-refractivity contribution in [3.05, 3.63) is 34.9 Å². The summed E-state index contributed by atoms with van der Waals surface area (Å²) in [5.74, 6) is 0.751. The molecule has 0 spiro atoms. The van der Waals surface area contributed by atoms with Crippen LogP contribution in [0.1, 0.15) is 48.9 Å². The van der Waals surface area contributed by atoms with Crippen molar-refractivity contribution >= 4 is 17.5 Å². The maximum absolute atomic E-state index is 12.1. The molecule has 1 aliphatic carbocycles. The first kappa shape index (κ1) is 16.3. The number of benzene rings is 1. The number of carbonyl (C=O) groups excluding carboxylic acids is 1. The molecule has 0 radical (unpaired) electrons. The molecule has 1 fully saturated rings. The molecule has 2 N–H and O–H groups in total. The summed E-state index contributed by atoms with van der Waals surface area (Å²) in [6.45, 7) is 0.665. The van der Waals surface area contributed by atoms with Crippen molar-refractivity contribution in [1.82, 2.24) is 10.6 Å². The topological polar surface area (TPSA) is 41.1 Å². The Labute approximate surface area is 132 Å². The molecule has 2 rings (SSSR count). The normalized spacial score (nSPS) is 17.4. The van der Waals surface area contributed by atoms with Crippen LogP contribution in [0.15, 0.2) is 24.3 Å². The van der Waals surface area contributed by atoms with Gasteiger partial charge in [-0.25, -0.2) is 0 Å². The Bertz CT molecular complexity index is 458. The number of hydrogen-bond acceptors (Lipinski definition) is 2. The lowest BCUT2D eigenvalue weighted by molar-refractivity contribution is 0.0947. The molecule has 1 amide bonds. The second-order valence-electron chi connectivity index (χ2n) is 5.95. The zero-order valence-electron chi connectivity index (χ0n) is 12.7.